The Morgan fingerprint density at radius 2 is 1.41 bits per heavy atom. The molecule has 0 atom stereocenters. The first-order valence-electron chi connectivity index (χ1n) is 11.3. The van der Waals surface area contributed by atoms with Crippen molar-refractivity contribution >= 4 is 17.5 Å². The molecule has 0 radical (unpaired) electrons. The molecule has 172 valence electrons. The minimum Gasteiger partial charge on any atom is -0.339 e. The molecule has 8 heteroatoms. The number of hydrogen-bond acceptors (Lipinski definition) is 5. The normalized spacial score (nSPS) is 14.5. The second-order valence-corrected chi connectivity index (χ2v) is 8.78. The average molecular weight is 473 g/mol. The lowest BCUT2D eigenvalue weighted by atomic mass is 9.90. The molecule has 0 N–H and O–H groups in total. The predicted octanol–water partition coefficient (Wildman–Crippen LogP) is 3.79. The van der Waals surface area contributed by atoms with Gasteiger partial charge in [-0.2, -0.15) is 4.68 Å². The molecule has 7 nitrogen and oxygen atoms in total. The van der Waals surface area contributed by atoms with Crippen LogP contribution in [-0.4, -0.2) is 62.1 Å². The number of benzene rings is 3. The van der Waals surface area contributed by atoms with Gasteiger partial charge < -0.3 is 4.90 Å². The maximum absolute atomic E-state index is 13.6. The summed E-state index contributed by atoms with van der Waals surface area (Å²) >= 11 is 6.01. The number of piperazine rings is 1. The van der Waals surface area contributed by atoms with Crippen LogP contribution in [0.1, 0.15) is 22.9 Å². The quantitative estimate of drug-likeness (QED) is 0.427. The van der Waals surface area contributed by atoms with Gasteiger partial charge in [-0.15, -0.1) is 5.10 Å². The summed E-state index contributed by atoms with van der Waals surface area (Å²) in [6.07, 6.45) is 0. The van der Waals surface area contributed by atoms with Gasteiger partial charge in [0.15, 0.2) is 5.82 Å². The second-order valence-electron chi connectivity index (χ2n) is 8.34. The van der Waals surface area contributed by atoms with Crippen molar-refractivity contribution in [2.75, 3.05) is 26.2 Å². The fourth-order valence-corrected chi connectivity index (χ4v) is 4.49. The molecule has 5 rings (SSSR count). The highest BCUT2D eigenvalue weighted by molar-refractivity contribution is 6.30. The Hall–Kier alpha value is -3.55. The summed E-state index contributed by atoms with van der Waals surface area (Å²) in [6.45, 7) is 3.46. The zero-order chi connectivity index (χ0) is 23.3. The number of nitrogens with zero attached hydrogens (tertiary/aromatic N) is 6. The Morgan fingerprint density at radius 1 is 0.824 bits per heavy atom. The van der Waals surface area contributed by atoms with Crippen molar-refractivity contribution < 1.29 is 4.79 Å². The number of halogens is 1. The van der Waals surface area contributed by atoms with E-state index in [1.807, 2.05) is 89.8 Å². The van der Waals surface area contributed by atoms with Crippen molar-refractivity contribution in [1.29, 1.82) is 0 Å². The lowest BCUT2D eigenvalue weighted by molar-refractivity contribution is -0.133. The molecular formula is C26H25ClN6O. The van der Waals surface area contributed by atoms with Crippen molar-refractivity contribution in [2.45, 2.75) is 12.5 Å². The molecule has 0 aliphatic carbocycles. The Balaban J connectivity index is 1.27. The molecule has 0 saturated carbocycles. The topological polar surface area (TPSA) is 67.2 Å². The van der Waals surface area contributed by atoms with Gasteiger partial charge in [0.25, 0.3) is 0 Å². The van der Waals surface area contributed by atoms with Crippen LogP contribution in [0.4, 0.5) is 0 Å². The molecular weight excluding hydrogens is 448 g/mol. The van der Waals surface area contributed by atoms with Gasteiger partial charge in [-0.05, 0) is 45.8 Å². The van der Waals surface area contributed by atoms with Crippen LogP contribution < -0.4 is 0 Å². The molecule has 1 aliphatic heterocycles. The van der Waals surface area contributed by atoms with E-state index in [1.54, 1.807) is 4.68 Å². The summed E-state index contributed by atoms with van der Waals surface area (Å²) < 4.78 is 1.73. The van der Waals surface area contributed by atoms with E-state index in [1.165, 1.54) is 0 Å². The van der Waals surface area contributed by atoms with Crippen molar-refractivity contribution in [3.63, 3.8) is 0 Å². The SMILES string of the molecule is O=C(C(c1ccccc1)c1ccccc1)N1CCN(Cc2nnnn2-c2ccc(Cl)cc2)CC1. The third kappa shape index (κ3) is 4.85. The zero-order valence-corrected chi connectivity index (χ0v) is 19.4. The van der Waals surface area contributed by atoms with Crippen LogP contribution in [0.2, 0.25) is 5.02 Å². The number of amides is 1. The number of hydrogen-bond donors (Lipinski definition) is 0. The molecule has 34 heavy (non-hydrogen) atoms. The summed E-state index contributed by atoms with van der Waals surface area (Å²) in [4.78, 5) is 17.9. The van der Waals surface area contributed by atoms with E-state index in [2.05, 4.69) is 20.4 Å². The van der Waals surface area contributed by atoms with E-state index in [-0.39, 0.29) is 11.8 Å². The third-order valence-electron chi connectivity index (χ3n) is 6.17. The standard InChI is InChI=1S/C26H25ClN6O/c27-22-11-13-23(14-12-22)33-24(28-29-30-33)19-31-15-17-32(18-16-31)26(34)25(20-7-3-1-4-8-20)21-9-5-2-6-10-21/h1-14,25H,15-19H2. The predicted molar refractivity (Wildman–Crippen MR) is 131 cm³/mol. The van der Waals surface area contributed by atoms with Crippen molar-refractivity contribution in [2.24, 2.45) is 0 Å². The van der Waals surface area contributed by atoms with E-state index in [0.29, 0.717) is 24.7 Å². The largest absolute Gasteiger partial charge is 0.339 e. The Labute approximate surface area is 203 Å². The minimum atomic E-state index is -0.300. The monoisotopic (exact) mass is 472 g/mol. The highest BCUT2D eigenvalue weighted by Crippen LogP contribution is 2.27. The number of carbonyl (C=O) groups is 1. The van der Waals surface area contributed by atoms with E-state index in [9.17, 15) is 4.79 Å². The van der Waals surface area contributed by atoms with Crippen LogP contribution in [0.5, 0.6) is 0 Å². The van der Waals surface area contributed by atoms with Gasteiger partial charge in [-0.25, -0.2) is 0 Å². The van der Waals surface area contributed by atoms with Crippen LogP contribution in [-0.2, 0) is 11.3 Å². The van der Waals surface area contributed by atoms with Gasteiger partial charge in [0.2, 0.25) is 5.91 Å². The molecule has 3 aromatic carbocycles. The summed E-state index contributed by atoms with van der Waals surface area (Å²) in [7, 11) is 0. The van der Waals surface area contributed by atoms with E-state index in [0.717, 1.165) is 35.7 Å². The molecule has 1 amide bonds. The number of rotatable bonds is 6. The maximum Gasteiger partial charge on any atom is 0.234 e. The fraction of sp³-hybridized carbons (Fsp3) is 0.231. The number of carbonyl (C=O) groups excluding carboxylic acids is 1. The molecule has 1 aromatic heterocycles. The highest BCUT2D eigenvalue weighted by Gasteiger charge is 2.30. The molecule has 4 aromatic rings. The number of tetrazole rings is 1. The highest BCUT2D eigenvalue weighted by atomic mass is 35.5. The van der Waals surface area contributed by atoms with Crippen LogP contribution >= 0.6 is 11.6 Å². The van der Waals surface area contributed by atoms with Crippen LogP contribution in [0, 0.1) is 0 Å². The molecule has 0 bridgehead atoms. The molecule has 1 fully saturated rings. The number of aromatic nitrogens is 4. The molecule has 1 aliphatic rings. The summed E-state index contributed by atoms with van der Waals surface area (Å²) in [5.74, 6) is 0.600. The van der Waals surface area contributed by atoms with E-state index in [4.69, 9.17) is 11.6 Å². The molecule has 2 heterocycles. The lowest BCUT2D eigenvalue weighted by Gasteiger charge is -2.36. The third-order valence-corrected chi connectivity index (χ3v) is 6.42. The van der Waals surface area contributed by atoms with Crippen LogP contribution in [0.25, 0.3) is 5.69 Å². The van der Waals surface area contributed by atoms with Crippen molar-refractivity contribution in [3.8, 4) is 5.69 Å². The molecule has 0 spiro atoms. The van der Waals surface area contributed by atoms with Crippen LogP contribution in [0.15, 0.2) is 84.9 Å². The summed E-state index contributed by atoms with van der Waals surface area (Å²) in [6, 6.07) is 27.5. The van der Waals surface area contributed by atoms with Gasteiger partial charge in [-0.1, -0.05) is 72.3 Å². The van der Waals surface area contributed by atoms with Gasteiger partial charge in [0, 0.05) is 31.2 Å². The smallest absolute Gasteiger partial charge is 0.234 e. The van der Waals surface area contributed by atoms with Crippen molar-refractivity contribution in [1.82, 2.24) is 30.0 Å². The second kappa shape index (κ2) is 10.2. The van der Waals surface area contributed by atoms with Gasteiger partial charge in [0.05, 0.1) is 18.2 Å². The van der Waals surface area contributed by atoms with Gasteiger partial charge >= 0.3 is 0 Å². The molecule has 1 saturated heterocycles. The van der Waals surface area contributed by atoms with E-state index < -0.39 is 0 Å². The Bertz CT molecular complexity index is 1180. The lowest BCUT2D eigenvalue weighted by Crippen LogP contribution is -2.49. The van der Waals surface area contributed by atoms with E-state index >= 15 is 0 Å². The Kier molecular flexibility index (Phi) is 6.65. The van der Waals surface area contributed by atoms with Crippen molar-refractivity contribution in [3.05, 3.63) is 107 Å². The first-order valence-corrected chi connectivity index (χ1v) is 11.7. The van der Waals surface area contributed by atoms with Crippen LogP contribution in [0.3, 0.4) is 0 Å². The zero-order valence-electron chi connectivity index (χ0n) is 18.7. The Morgan fingerprint density at radius 3 is 2.00 bits per heavy atom. The average Bonchev–Trinajstić information content (AvgIpc) is 3.34. The first-order chi connectivity index (χ1) is 16.7. The maximum atomic E-state index is 13.6. The van der Waals surface area contributed by atoms with Gasteiger partial charge in [0.1, 0.15) is 0 Å². The fourth-order valence-electron chi connectivity index (χ4n) is 4.36. The van der Waals surface area contributed by atoms with Gasteiger partial charge in [-0.3, -0.25) is 9.69 Å². The summed E-state index contributed by atoms with van der Waals surface area (Å²) in [5.41, 5.74) is 2.90. The molecule has 0 unspecified atom stereocenters. The summed E-state index contributed by atoms with van der Waals surface area (Å²) in [5, 5.41) is 12.9. The first kappa shape index (κ1) is 22.3. The minimum absolute atomic E-state index is 0.142.